The van der Waals surface area contributed by atoms with Crippen molar-refractivity contribution in [2.75, 3.05) is 18.9 Å². The van der Waals surface area contributed by atoms with E-state index in [0.717, 1.165) is 18.4 Å². The lowest BCUT2D eigenvalue weighted by Gasteiger charge is -2.34. The fourth-order valence-electron chi connectivity index (χ4n) is 2.46. The number of alkyl halides is 1. The number of benzene rings is 1. The first-order valence-corrected chi connectivity index (χ1v) is 7.97. The van der Waals surface area contributed by atoms with E-state index >= 15 is 0 Å². The van der Waals surface area contributed by atoms with E-state index in [1.54, 1.807) is 0 Å². The Balaban J connectivity index is 2.63. The Bertz CT molecular complexity index is 350. The molecule has 0 saturated heterocycles. The van der Waals surface area contributed by atoms with Crippen LogP contribution >= 0.6 is 15.9 Å². The summed E-state index contributed by atoms with van der Waals surface area (Å²) in [5, 5.41) is 1.09. The Morgan fingerprint density at radius 1 is 1.22 bits per heavy atom. The van der Waals surface area contributed by atoms with Gasteiger partial charge in [0.1, 0.15) is 0 Å². The van der Waals surface area contributed by atoms with E-state index in [4.69, 9.17) is 0 Å². The van der Waals surface area contributed by atoms with Crippen LogP contribution in [0.2, 0.25) is 0 Å². The molecule has 0 fully saturated rings. The average molecular weight is 312 g/mol. The summed E-state index contributed by atoms with van der Waals surface area (Å²) in [7, 11) is 2.23. The van der Waals surface area contributed by atoms with Gasteiger partial charge in [0.05, 0.1) is 0 Å². The molecule has 0 N–H and O–H groups in total. The van der Waals surface area contributed by atoms with Crippen LogP contribution in [0.3, 0.4) is 0 Å². The van der Waals surface area contributed by atoms with E-state index in [-0.39, 0.29) is 0 Å². The molecule has 0 aromatic heterocycles. The second-order valence-corrected chi connectivity index (χ2v) is 6.06. The predicted octanol–water partition coefficient (Wildman–Crippen LogP) is 4.63. The maximum absolute atomic E-state index is 3.69. The van der Waals surface area contributed by atoms with Crippen LogP contribution < -0.4 is 0 Å². The summed E-state index contributed by atoms with van der Waals surface area (Å²) in [5.41, 5.74) is 3.17. The summed E-state index contributed by atoms with van der Waals surface area (Å²) < 4.78 is 0. The Morgan fingerprint density at radius 3 is 2.39 bits per heavy atom. The number of aryl methyl sites for hydroxylation is 1. The van der Waals surface area contributed by atoms with Crippen molar-refractivity contribution in [2.24, 2.45) is 5.41 Å². The van der Waals surface area contributed by atoms with Crippen molar-refractivity contribution in [1.29, 1.82) is 0 Å². The van der Waals surface area contributed by atoms with E-state index < -0.39 is 0 Å². The molecular weight excluding hydrogens is 286 g/mol. The van der Waals surface area contributed by atoms with Gasteiger partial charge in [-0.15, -0.1) is 0 Å². The molecule has 2 heteroatoms. The highest BCUT2D eigenvalue weighted by atomic mass is 79.9. The van der Waals surface area contributed by atoms with Crippen LogP contribution in [0, 0.1) is 12.3 Å². The van der Waals surface area contributed by atoms with Crippen molar-refractivity contribution in [3.8, 4) is 0 Å². The van der Waals surface area contributed by atoms with Crippen LogP contribution in [0.25, 0.3) is 0 Å². The molecule has 1 aromatic carbocycles. The van der Waals surface area contributed by atoms with Crippen molar-refractivity contribution >= 4 is 15.9 Å². The molecule has 18 heavy (non-hydrogen) atoms. The highest BCUT2D eigenvalue weighted by molar-refractivity contribution is 9.09. The number of halogens is 1. The molecular formula is C16H26BrN. The first kappa shape index (κ1) is 15.7. The highest BCUT2D eigenvalue weighted by Gasteiger charge is 2.26. The number of hydrogen-bond donors (Lipinski definition) is 0. The minimum absolute atomic E-state index is 0.415. The third kappa shape index (κ3) is 4.40. The van der Waals surface area contributed by atoms with Gasteiger partial charge in [-0.2, -0.15) is 0 Å². The fourth-order valence-corrected chi connectivity index (χ4v) is 3.43. The van der Waals surface area contributed by atoms with Gasteiger partial charge in [0.15, 0.2) is 0 Å². The van der Waals surface area contributed by atoms with Gasteiger partial charge >= 0.3 is 0 Å². The van der Waals surface area contributed by atoms with Crippen molar-refractivity contribution in [2.45, 2.75) is 40.2 Å². The second-order valence-electron chi connectivity index (χ2n) is 5.50. The third-order valence-corrected chi connectivity index (χ3v) is 5.11. The van der Waals surface area contributed by atoms with E-state index in [1.165, 1.54) is 24.0 Å². The molecule has 0 heterocycles. The normalized spacial score (nSPS) is 12.1. The predicted molar refractivity (Wildman–Crippen MR) is 84.3 cm³/mol. The minimum atomic E-state index is 0.415. The molecule has 0 saturated carbocycles. The summed E-state index contributed by atoms with van der Waals surface area (Å²) >= 11 is 3.69. The van der Waals surface area contributed by atoms with Crippen LogP contribution in [0.4, 0.5) is 0 Å². The van der Waals surface area contributed by atoms with Gasteiger partial charge in [-0.05, 0) is 37.8 Å². The first-order chi connectivity index (χ1) is 8.55. The fraction of sp³-hybridized carbons (Fsp3) is 0.625. The zero-order valence-corrected chi connectivity index (χ0v) is 13.8. The van der Waals surface area contributed by atoms with Crippen molar-refractivity contribution in [3.05, 3.63) is 35.4 Å². The molecule has 0 unspecified atom stereocenters. The van der Waals surface area contributed by atoms with Crippen LogP contribution in [-0.4, -0.2) is 23.8 Å². The van der Waals surface area contributed by atoms with Crippen LogP contribution in [-0.2, 0) is 6.54 Å². The number of hydrogen-bond acceptors (Lipinski definition) is 1. The molecule has 0 aliphatic rings. The van der Waals surface area contributed by atoms with E-state index in [9.17, 15) is 0 Å². The molecule has 0 amide bonds. The van der Waals surface area contributed by atoms with Crippen LogP contribution in [0.5, 0.6) is 0 Å². The quantitative estimate of drug-likeness (QED) is 0.664. The van der Waals surface area contributed by atoms with Gasteiger partial charge in [0.2, 0.25) is 0 Å². The Kier molecular flexibility index (Phi) is 6.37. The van der Waals surface area contributed by atoms with E-state index in [2.05, 4.69) is 72.9 Å². The number of nitrogens with zero attached hydrogens (tertiary/aromatic N) is 1. The Labute approximate surface area is 121 Å². The molecule has 0 atom stereocenters. The molecule has 0 bridgehead atoms. The first-order valence-electron chi connectivity index (χ1n) is 6.85. The summed E-state index contributed by atoms with van der Waals surface area (Å²) in [4.78, 5) is 2.45. The SMILES string of the molecule is CCC(CC)(CBr)CN(C)Cc1cccc(C)c1. The lowest BCUT2D eigenvalue weighted by atomic mass is 9.84. The third-order valence-electron chi connectivity index (χ3n) is 3.92. The van der Waals surface area contributed by atoms with Crippen LogP contribution in [0.1, 0.15) is 37.8 Å². The van der Waals surface area contributed by atoms with Crippen molar-refractivity contribution in [3.63, 3.8) is 0 Å². The van der Waals surface area contributed by atoms with Crippen molar-refractivity contribution in [1.82, 2.24) is 4.90 Å². The topological polar surface area (TPSA) is 3.24 Å². The molecule has 1 aromatic rings. The monoisotopic (exact) mass is 311 g/mol. The summed E-state index contributed by atoms with van der Waals surface area (Å²) in [6.45, 7) is 8.94. The lowest BCUT2D eigenvalue weighted by Crippen LogP contribution is -2.36. The van der Waals surface area contributed by atoms with Crippen molar-refractivity contribution < 1.29 is 0 Å². The molecule has 1 rings (SSSR count). The standard InChI is InChI=1S/C16H26BrN/c1-5-16(6-2,12-17)13-18(4)11-15-9-7-8-14(3)10-15/h7-10H,5-6,11-13H2,1-4H3. The number of rotatable bonds is 7. The Morgan fingerprint density at radius 2 is 1.89 bits per heavy atom. The van der Waals surface area contributed by atoms with Gasteiger partial charge in [-0.25, -0.2) is 0 Å². The van der Waals surface area contributed by atoms with E-state index in [0.29, 0.717) is 5.41 Å². The minimum Gasteiger partial charge on any atom is -0.302 e. The zero-order chi connectivity index (χ0) is 13.6. The summed E-state index contributed by atoms with van der Waals surface area (Å²) in [5.74, 6) is 0. The average Bonchev–Trinajstić information content (AvgIpc) is 2.36. The largest absolute Gasteiger partial charge is 0.302 e. The summed E-state index contributed by atoms with van der Waals surface area (Å²) in [6.07, 6.45) is 2.46. The molecule has 0 aliphatic carbocycles. The molecule has 0 aliphatic heterocycles. The van der Waals surface area contributed by atoms with Gasteiger partial charge in [-0.1, -0.05) is 59.6 Å². The second kappa shape index (κ2) is 7.30. The smallest absolute Gasteiger partial charge is 0.0231 e. The lowest BCUT2D eigenvalue weighted by molar-refractivity contribution is 0.180. The van der Waals surface area contributed by atoms with Crippen LogP contribution in [0.15, 0.2) is 24.3 Å². The maximum Gasteiger partial charge on any atom is 0.0231 e. The summed E-state index contributed by atoms with van der Waals surface area (Å²) in [6, 6.07) is 8.81. The van der Waals surface area contributed by atoms with Gasteiger partial charge in [0.25, 0.3) is 0 Å². The van der Waals surface area contributed by atoms with Gasteiger partial charge < -0.3 is 4.90 Å². The Hall–Kier alpha value is -0.340. The zero-order valence-electron chi connectivity index (χ0n) is 12.2. The molecule has 102 valence electrons. The van der Waals surface area contributed by atoms with Gasteiger partial charge in [0, 0.05) is 18.4 Å². The maximum atomic E-state index is 3.69. The van der Waals surface area contributed by atoms with Gasteiger partial charge in [-0.3, -0.25) is 0 Å². The molecule has 0 radical (unpaired) electrons. The van der Waals surface area contributed by atoms with E-state index in [1.807, 2.05) is 0 Å². The highest BCUT2D eigenvalue weighted by Crippen LogP contribution is 2.30. The molecule has 1 nitrogen and oxygen atoms in total. The molecule has 0 spiro atoms.